The van der Waals surface area contributed by atoms with Crippen molar-refractivity contribution in [1.82, 2.24) is 5.32 Å². The van der Waals surface area contributed by atoms with E-state index in [1.807, 2.05) is 6.92 Å². The van der Waals surface area contributed by atoms with Gasteiger partial charge in [-0.25, -0.2) is 0 Å². The summed E-state index contributed by atoms with van der Waals surface area (Å²) >= 11 is 0. The molecule has 0 aliphatic rings. The second-order valence-corrected chi connectivity index (χ2v) is 1.64. The van der Waals surface area contributed by atoms with Crippen LogP contribution >= 0.6 is 0 Å². The van der Waals surface area contributed by atoms with Gasteiger partial charge in [0.25, 0.3) is 0 Å². The number of aliphatic imine (C=N–C) groups is 1. The minimum absolute atomic E-state index is 0.204. The van der Waals surface area contributed by atoms with Gasteiger partial charge in [0.1, 0.15) is 0 Å². The molecule has 0 unspecified atom stereocenters. The van der Waals surface area contributed by atoms with Crippen LogP contribution in [0.15, 0.2) is 4.99 Å². The molecule has 0 rings (SSSR count). The topological polar surface area (TPSA) is 44.6 Å². The van der Waals surface area contributed by atoms with Gasteiger partial charge >= 0.3 is 0 Å². The van der Waals surface area contributed by atoms with Gasteiger partial charge in [0.05, 0.1) is 13.2 Å². The summed E-state index contributed by atoms with van der Waals surface area (Å²) in [4.78, 5) is 3.97. The molecule has 0 aromatic rings. The molecule has 0 atom stereocenters. The number of rotatable bonds is 5. The van der Waals surface area contributed by atoms with Crippen molar-refractivity contribution in [3.63, 3.8) is 0 Å². The predicted molar refractivity (Wildman–Crippen MR) is 39.0 cm³/mol. The third-order valence-corrected chi connectivity index (χ3v) is 0.889. The highest BCUT2D eigenvalue weighted by atomic mass is 16.3. The van der Waals surface area contributed by atoms with E-state index in [1.54, 1.807) is 6.21 Å². The highest BCUT2D eigenvalue weighted by molar-refractivity contribution is 5.53. The van der Waals surface area contributed by atoms with Gasteiger partial charge in [0, 0.05) is 13.1 Å². The first kappa shape index (κ1) is 8.59. The monoisotopic (exact) mass is 130 g/mol. The van der Waals surface area contributed by atoms with E-state index in [0.29, 0.717) is 6.54 Å². The Bertz CT molecular complexity index is 73.5. The fourth-order valence-electron chi connectivity index (χ4n) is 0.477. The van der Waals surface area contributed by atoms with Gasteiger partial charge < -0.3 is 10.4 Å². The second-order valence-electron chi connectivity index (χ2n) is 1.64. The molecule has 2 N–H and O–H groups in total. The van der Waals surface area contributed by atoms with Crippen molar-refractivity contribution in [2.24, 2.45) is 4.99 Å². The number of hydrogen-bond acceptors (Lipinski definition) is 3. The molecule has 0 saturated heterocycles. The zero-order valence-corrected chi connectivity index (χ0v) is 5.80. The third kappa shape index (κ3) is 7.59. The Hall–Kier alpha value is -0.410. The molecule has 0 amide bonds. The van der Waals surface area contributed by atoms with Gasteiger partial charge in [0.15, 0.2) is 0 Å². The van der Waals surface area contributed by atoms with E-state index < -0.39 is 0 Å². The molecular formula is C6H14N2O. The summed E-state index contributed by atoms with van der Waals surface area (Å²) in [6.07, 6.45) is 1.78. The van der Waals surface area contributed by atoms with Gasteiger partial charge in [-0.3, -0.25) is 4.99 Å². The molecule has 0 aliphatic heterocycles. The van der Waals surface area contributed by atoms with E-state index in [9.17, 15) is 0 Å². The van der Waals surface area contributed by atoms with Crippen LogP contribution in [-0.2, 0) is 0 Å². The lowest BCUT2D eigenvalue weighted by Crippen LogP contribution is -2.21. The summed E-state index contributed by atoms with van der Waals surface area (Å²) in [6, 6.07) is 0. The lowest BCUT2D eigenvalue weighted by atomic mass is 10.6. The molecule has 9 heavy (non-hydrogen) atoms. The first-order valence-electron chi connectivity index (χ1n) is 3.18. The maximum atomic E-state index is 8.32. The van der Waals surface area contributed by atoms with E-state index >= 15 is 0 Å². The van der Waals surface area contributed by atoms with Crippen LogP contribution in [0.3, 0.4) is 0 Å². The average Bonchev–Trinajstić information content (AvgIpc) is 1.89. The Labute approximate surface area is 55.8 Å². The van der Waals surface area contributed by atoms with Crippen molar-refractivity contribution >= 4 is 6.21 Å². The smallest absolute Gasteiger partial charge is 0.0555 e. The summed E-state index contributed by atoms with van der Waals surface area (Å²) in [6.45, 7) is 4.42. The molecule has 0 aromatic carbocycles. The van der Waals surface area contributed by atoms with Crippen molar-refractivity contribution in [3.05, 3.63) is 0 Å². The van der Waals surface area contributed by atoms with Crippen LogP contribution in [0.2, 0.25) is 0 Å². The maximum absolute atomic E-state index is 8.32. The number of aliphatic hydroxyl groups is 1. The van der Waals surface area contributed by atoms with Gasteiger partial charge in [-0.05, 0) is 13.1 Å². The molecule has 0 spiro atoms. The average molecular weight is 130 g/mol. The summed E-state index contributed by atoms with van der Waals surface area (Å²) in [5.74, 6) is 0. The largest absolute Gasteiger partial charge is 0.395 e. The van der Waals surface area contributed by atoms with Crippen LogP contribution in [0.1, 0.15) is 6.92 Å². The van der Waals surface area contributed by atoms with Crippen LogP contribution in [0, 0.1) is 0 Å². The second kappa shape index (κ2) is 7.59. The van der Waals surface area contributed by atoms with E-state index in [4.69, 9.17) is 5.11 Å². The fraction of sp³-hybridized carbons (Fsp3) is 0.833. The van der Waals surface area contributed by atoms with Crippen LogP contribution in [0.4, 0.5) is 0 Å². The molecule has 0 bridgehead atoms. The maximum Gasteiger partial charge on any atom is 0.0555 e. The summed E-state index contributed by atoms with van der Waals surface area (Å²) in [5.41, 5.74) is 0. The molecule has 0 heterocycles. The van der Waals surface area contributed by atoms with Gasteiger partial charge in [0.2, 0.25) is 0 Å². The van der Waals surface area contributed by atoms with Crippen molar-refractivity contribution in [2.75, 3.05) is 26.2 Å². The number of nitrogens with one attached hydrogen (secondary N) is 1. The molecule has 3 nitrogen and oxygen atoms in total. The lowest BCUT2D eigenvalue weighted by molar-refractivity contribution is 0.293. The van der Waals surface area contributed by atoms with Crippen LogP contribution in [-0.4, -0.2) is 37.6 Å². The Morgan fingerprint density at radius 1 is 1.56 bits per heavy atom. The molecule has 0 aliphatic carbocycles. The highest BCUT2D eigenvalue weighted by Crippen LogP contribution is 1.64. The molecular weight excluding hydrogens is 116 g/mol. The number of nitrogens with zero attached hydrogens (tertiary/aromatic N) is 1. The van der Waals surface area contributed by atoms with Crippen molar-refractivity contribution in [2.45, 2.75) is 6.92 Å². The quantitative estimate of drug-likeness (QED) is 0.395. The minimum atomic E-state index is 0.204. The molecule has 0 aromatic heterocycles. The van der Waals surface area contributed by atoms with E-state index in [2.05, 4.69) is 10.3 Å². The van der Waals surface area contributed by atoms with E-state index in [-0.39, 0.29) is 6.61 Å². The van der Waals surface area contributed by atoms with Crippen LogP contribution < -0.4 is 5.32 Å². The molecule has 0 radical (unpaired) electrons. The Kier molecular flexibility index (Phi) is 7.24. The number of hydrogen-bond donors (Lipinski definition) is 2. The standard InChI is InChI=1S/C6H14N2O/c1-2-7-3-4-8-5-6-9/h2,8-9H,3-6H2,1H3. The molecule has 54 valence electrons. The van der Waals surface area contributed by atoms with E-state index in [1.165, 1.54) is 0 Å². The highest BCUT2D eigenvalue weighted by Gasteiger charge is 1.80. The van der Waals surface area contributed by atoms with Crippen molar-refractivity contribution in [1.29, 1.82) is 0 Å². The zero-order valence-electron chi connectivity index (χ0n) is 5.80. The van der Waals surface area contributed by atoms with Gasteiger partial charge in [-0.15, -0.1) is 0 Å². The van der Waals surface area contributed by atoms with Crippen molar-refractivity contribution in [3.8, 4) is 0 Å². The first-order valence-corrected chi connectivity index (χ1v) is 3.18. The van der Waals surface area contributed by atoms with E-state index in [0.717, 1.165) is 13.1 Å². The van der Waals surface area contributed by atoms with Gasteiger partial charge in [-0.1, -0.05) is 0 Å². The van der Waals surface area contributed by atoms with Crippen LogP contribution in [0.25, 0.3) is 0 Å². The summed E-state index contributed by atoms with van der Waals surface area (Å²) in [7, 11) is 0. The predicted octanol–water partition coefficient (Wildman–Crippen LogP) is -0.341. The Morgan fingerprint density at radius 2 is 2.33 bits per heavy atom. The van der Waals surface area contributed by atoms with Crippen molar-refractivity contribution < 1.29 is 5.11 Å². The number of aliphatic hydroxyl groups excluding tert-OH is 1. The molecule has 0 saturated carbocycles. The molecule has 3 heteroatoms. The minimum Gasteiger partial charge on any atom is -0.395 e. The summed E-state index contributed by atoms with van der Waals surface area (Å²) in [5, 5.41) is 11.3. The summed E-state index contributed by atoms with van der Waals surface area (Å²) < 4.78 is 0. The Morgan fingerprint density at radius 3 is 2.89 bits per heavy atom. The van der Waals surface area contributed by atoms with Gasteiger partial charge in [-0.2, -0.15) is 0 Å². The third-order valence-electron chi connectivity index (χ3n) is 0.889. The fourth-order valence-corrected chi connectivity index (χ4v) is 0.477. The normalized spacial score (nSPS) is 10.9. The first-order chi connectivity index (χ1) is 4.41. The SMILES string of the molecule is CC=NCCNCCO. The van der Waals surface area contributed by atoms with Crippen LogP contribution in [0.5, 0.6) is 0 Å². The zero-order chi connectivity index (χ0) is 6.95. The lowest BCUT2D eigenvalue weighted by Gasteiger charge is -1.96. The molecule has 0 fully saturated rings. The Balaban J connectivity index is 2.75.